The van der Waals surface area contributed by atoms with Gasteiger partial charge in [0.2, 0.25) is 0 Å². The van der Waals surface area contributed by atoms with E-state index in [4.69, 9.17) is 25.7 Å². The Morgan fingerprint density at radius 3 is 2.46 bits per heavy atom. The number of aliphatic hydroxyl groups is 1. The molecule has 0 aliphatic carbocycles. The van der Waals surface area contributed by atoms with Gasteiger partial charge in [0.1, 0.15) is 35.7 Å². The first-order valence-corrected chi connectivity index (χ1v) is 14.7. The minimum absolute atomic E-state index is 0.234. The number of piperidine rings is 1. The van der Waals surface area contributed by atoms with Gasteiger partial charge in [0.15, 0.2) is 0 Å². The molecule has 1 aromatic heterocycles. The van der Waals surface area contributed by atoms with Crippen LogP contribution in [-0.2, 0) is 19.8 Å². The van der Waals surface area contributed by atoms with E-state index >= 15 is 0 Å². The van der Waals surface area contributed by atoms with Crippen molar-refractivity contribution in [3.05, 3.63) is 105 Å². The molecule has 210 valence electrons. The first-order chi connectivity index (χ1) is 20.0. The highest BCUT2D eigenvalue weighted by Crippen LogP contribution is 2.37. The van der Waals surface area contributed by atoms with Crippen molar-refractivity contribution in [2.75, 3.05) is 13.1 Å². The fraction of sp³-hybridized carbons (Fsp3) is 0.250. The topological polar surface area (TPSA) is 80.9 Å². The molecule has 0 amide bonds. The maximum atomic E-state index is 9.94. The molecule has 0 radical (unpaired) electrons. The fourth-order valence-corrected chi connectivity index (χ4v) is 5.88. The van der Waals surface area contributed by atoms with Crippen LogP contribution in [0.15, 0.2) is 88.0 Å². The number of hydrogen-bond donors (Lipinski definition) is 1. The van der Waals surface area contributed by atoms with Gasteiger partial charge in [0.05, 0.1) is 11.1 Å². The van der Waals surface area contributed by atoms with E-state index in [0.717, 1.165) is 58.2 Å². The molecule has 0 unspecified atom stereocenters. The number of nitrogens with zero attached hydrogens (tertiary/aromatic N) is 3. The van der Waals surface area contributed by atoms with Gasteiger partial charge in [-0.2, -0.15) is 0 Å². The van der Waals surface area contributed by atoms with Crippen LogP contribution in [0, 0.1) is 0 Å². The predicted octanol–water partition coefficient (Wildman–Crippen LogP) is 7.42. The summed E-state index contributed by atoms with van der Waals surface area (Å²) in [7, 11) is 0. The highest BCUT2D eigenvalue weighted by atomic mass is 79.9. The second-order valence-corrected chi connectivity index (χ2v) is 11.4. The van der Waals surface area contributed by atoms with Gasteiger partial charge in [-0.05, 0) is 74.0 Å². The van der Waals surface area contributed by atoms with Gasteiger partial charge in [-0.25, -0.2) is 4.63 Å². The third-order valence-corrected chi connectivity index (χ3v) is 8.56. The van der Waals surface area contributed by atoms with E-state index in [0.29, 0.717) is 47.3 Å². The molecule has 0 atom stereocenters. The summed E-state index contributed by atoms with van der Waals surface area (Å²) in [5.41, 5.74) is 6.53. The van der Waals surface area contributed by atoms with Gasteiger partial charge in [-0.3, -0.25) is 4.90 Å². The number of fused-ring (bicyclic) bond motifs is 1. The van der Waals surface area contributed by atoms with Gasteiger partial charge < -0.3 is 14.6 Å². The van der Waals surface area contributed by atoms with Crippen molar-refractivity contribution in [2.45, 2.75) is 38.7 Å². The Morgan fingerprint density at radius 1 is 0.854 bits per heavy atom. The number of aliphatic hydroxyl groups excluding tert-OH is 1. The number of aromatic nitrogens is 2. The SMILES string of the molecule is OC1CCN(Cc2cc(Cl)c(OCc3cccc(-c4ccccc4)c3Br)cc2OCc2ccc3nonc3c2)CC1. The maximum absolute atomic E-state index is 9.94. The van der Waals surface area contributed by atoms with Crippen molar-refractivity contribution in [1.82, 2.24) is 15.2 Å². The summed E-state index contributed by atoms with van der Waals surface area (Å²) in [6.07, 6.45) is 1.28. The summed E-state index contributed by atoms with van der Waals surface area (Å²) < 4.78 is 18.4. The molecule has 5 aromatic rings. The first kappa shape index (κ1) is 27.7. The van der Waals surface area contributed by atoms with E-state index in [1.165, 1.54) is 0 Å². The van der Waals surface area contributed by atoms with Crippen molar-refractivity contribution in [3.8, 4) is 22.6 Å². The zero-order chi connectivity index (χ0) is 28.2. The maximum Gasteiger partial charge on any atom is 0.142 e. The lowest BCUT2D eigenvalue weighted by Gasteiger charge is -2.30. The first-order valence-electron chi connectivity index (χ1n) is 13.6. The number of halogens is 2. The zero-order valence-corrected chi connectivity index (χ0v) is 24.6. The molecule has 1 aliphatic rings. The van der Waals surface area contributed by atoms with Gasteiger partial charge in [0.25, 0.3) is 0 Å². The average Bonchev–Trinajstić information content (AvgIpc) is 3.46. The summed E-state index contributed by atoms with van der Waals surface area (Å²) in [6, 6.07) is 25.9. The number of ether oxygens (including phenoxy) is 2. The van der Waals surface area contributed by atoms with Crippen LogP contribution < -0.4 is 9.47 Å². The van der Waals surface area contributed by atoms with Gasteiger partial charge >= 0.3 is 0 Å². The molecule has 4 aromatic carbocycles. The fourth-order valence-electron chi connectivity index (χ4n) is 5.03. The molecule has 9 heteroatoms. The quantitative estimate of drug-likeness (QED) is 0.181. The monoisotopic (exact) mass is 633 g/mol. The van der Waals surface area contributed by atoms with Gasteiger partial charge in [-0.15, -0.1) is 0 Å². The molecule has 0 bridgehead atoms. The normalized spacial score (nSPS) is 14.4. The molecule has 2 heterocycles. The second kappa shape index (κ2) is 12.6. The lowest BCUT2D eigenvalue weighted by molar-refractivity contribution is 0.0787. The zero-order valence-electron chi connectivity index (χ0n) is 22.3. The average molecular weight is 635 g/mol. The van der Waals surface area contributed by atoms with Crippen LogP contribution in [0.1, 0.15) is 29.5 Å². The molecule has 1 aliphatic heterocycles. The molecular weight excluding hydrogens is 606 g/mol. The van der Waals surface area contributed by atoms with E-state index in [9.17, 15) is 5.11 Å². The molecule has 1 N–H and O–H groups in total. The second-order valence-electron chi connectivity index (χ2n) is 10.2. The molecule has 7 nitrogen and oxygen atoms in total. The lowest BCUT2D eigenvalue weighted by atomic mass is 10.0. The Hall–Kier alpha value is -3.43. The van der Waals surface area contributed by atoms with Crippen molar-refractivity contribution in [1.29, 1.82) is 0 Å². The largest absolute Gasteiger partial charge is 0.488 e. The standard InChI is InChI=1S/C32H29BrClN3O4/c33-32-23(7-4-8-26(32)22-5-2-1-3-6-22)20-40-31-17-30(39-19-21-9-10-28-29(15-21)36-41-35-28)24(16-27(31)34)18-37-13-11-25(38)12-14-37/h1-10,15-17,25,38H,11-14,18-20H2. The van der Waals surface area contributed by atoms with E-state index in [2.05, 4.69) is 49.3 Å². The summed E-state index contributed by atoms with van der Waals surface area (Å²) in [4.78, 5) is 2.31. The molecule has 6 rings (SSSR count). The molecule has 1 fully saturated rings. The lowest BCUT2D eigenvalue weighted by Crippen LogP contribution is -2.35. The van der Waals surface area contributed by atoms with Crippen LogP contribution in [0.4, 0.5) is 0 Å². The predicted molar refractivity (Wildman–Crippen MR) is 162 cm³/mol. The van der Waals surface area contributed by atoms with Crippen LogP contribution in [0.3, 0.4) is 0 Å². The molecule has 41 heavy (non-hydrogen) atoms. The molecular formula is C32H29BrClN3O4. The Morgan fingerprint density at radius 2 is 1.63 bits per heavy atom. The number of likely N-dealkylation sites (tertiary alicyclic amines) is 1. The third kappa shape index (κ3) is 6.57. The van der Waals surface area contributed by atoms with Crippen LogP contribution >= 0.6 is 27.5 Å². The number of hydrogen-bond acceptors (Lipinski definition) is 7. The van der Waals surface area contributed by atoms with Crippen molar-refractivity contribution >= 4 is 38.6 Å². The minimum Gasteiger partial charge on any atom is -0.488 e. The van der Waals surface area contributed by atoms with E-state index in [1.807, 2.05) is 60.7 Å². The van der Waals surface area contributed by atoms with E-state index < -0.39 is 0 Å². The van der Waals surface area contributed by atoms with Gasteiger partial charge in [0, 0.05) is 41.3 Å². The number of benzene rings is 4. The smallest absolute Gasteiger partial charge is 0.142 e. The van der Waals surface area contributed by atoms with Gasteiger partial charge in [-0.1, -0.05) is 66.2 Å². The Labute approximate surface area is 251 Å². The molecule has 0 spiro atoms. The number of rotatable bonds is 9. The van der Waals surface area contributed by atoms with Crippen molar-refractivity contribution < 1.29 is 19.2 Å². The Balaban J connectivity index is 1.24. The minimum atomic E-state index is -0.234. The molecule has 0 saturated carbocycles. The highest BCUT2D eigenvalue weighted by molar-refractivity contribution is 9.10. The van der Waals surface area contributed by atoms with E-state index in [1.54, 1.807) is 0 Å². The van der Waals surface area contributed by atoms with E-state index in [-0.39, 0.29) is 6.10 Å². The Bertz CT molecular complexity index is 1640. The van der Waals surface area contributed by atoms with Crippen molar-refractivity contribution in [3.63, 3.8) is 0 Å². The molecule has 1 saturated heterocycles. The van der Waals surface area contributed by atoms with Crippen LogP contribution in [0.25, 0.3) is 22.2 Å². The summed E-state index contributed by atoms with van der Waals surface area (Å²) in [5.74, 6) is 1.25. The summed E-state index contributed by atoms with van der Waals surface area (Å²) in [5, 5.41) is 18.3. The van der Waals surface area contributed by atoms with Crippen LogP contribution in [-0.4, -0.2) is 39.5 Å². The van der Waals surface area contributed by atoms with Crippen LogP contribution in [0.5, 0.6) is 11.5 Å². The Kier molecular flexibility index (Phi) is 8.53. The highest BCUT2D eigenvalue weighted by Gasteiger charge is 2.20. The summed E-state index contributed by atoms with van der Waals surface area (Å²) >= 11 is 10.6. The van der Waals surface area contributed by atoms with Crippen molar-refractivity contribution in [2.24, 2.45) is 0 Å². The summed E-state index contributed by atoms with van der Waals surface area (Å²) in [6.45, 7) is 2.97. The van der Waals surface area contributed by atoms with Crippen LogP contribution in [0.2, 0.25) is 5.02 Å². The third-order valence-electron chi connectivity index (χ3n) is 7.33.